The Labute approximate surface area is 305 Å². The number of hydrogen-bond acceptors (Lipinski definition) is 6. The fraction of sp³-hybridized carbons (Fsp3) is 0.595. The number of alkyl halides is 1. The highest BCUT2D eigenvalue weighted by Crippen LogP contribution is 2.41. The van der Waals surface area contributed by atoms with E-state index in [1.807, 2.05) is 34.6 Å². The number of rotatable bonds is 10. The number of pyridine rings is 1. The van der Waals surface area contributed by atoms with Crippen molar-refractivity contribution in [3.8, 4) is 17.0 Å². The van der Waals surface area contributed by atoms with Gasteiger partial charge in [0.05, 0.1) is 11.1 Å². The molecule has 0 spiro atoms. The first kappa shape index (κ1) is 42.0. The molecule has 0 bridgehead atoms. The van der Waals surface area contributed by atoms with Crippen molar-refractivity contribution < 1.29 is 18.3 Å². The smallest absolute Gasteiger partial charge is 0.175 e. The largest absolute Gasteiger partial charge is 0.508 e. The molecule has 1 aromatic carbocycles. The number of fused-ring (bicyclic) bond motifs is 1. The summed E-state index contributed by atoms with van der Waals surface area (Å²) in [5.74, 6) is 0.331. The summed E-state index contributed by atoms with van der Waals surface area (Å²) in [6.07, 6.45) is 10.1. The molecule has 2 saturated heterocycles. The number of anilines is 1. The normalized spacial score (nSPS) is 19.6. The van der Waals surface area contributed by atoms with Gasteiger partial charge in [-0.3, -0.25) is 4.90 Å². The molecule has 3 unspecified atom stereocenters. The predicted octanol–water partition coefficient (Wildman–Crippen LogP) is 11.3. The minimum Gasteiger partial charge on any atom is -0.508 e. The number of allylic oxidation sites excluding steroid dienone is 3. The van der Waals surface area contributed by atoms with Crippen LogP contribution in [0.25, 0.3) is 27.7 Å². The number of aromatic hydroxyl groups is 1. The van der Waals surface area contributed by atoms with E-state index in [0.717, 1.165) is 43.9 Å². The van der Waals surface area contributed by atoms with Gasteiger partial charge in [0.15, 0.2) is 5.82 Å². The van der Waals surface area contributed by atoms with Crippen LogP contribution in [0.2, 0.25) is 0 Å². The van der Waals surface area contributed by atoms with E-state index in [1.54, 1.807) is 19.9 Å². The van der Waals surface area contributed by atoms with Crippen molar-refractivity contribution in [1.82, 2.24) is 19.9 Å². The lowest BCUT2D eigenvalue weighted by Crippen LogP contribution is -2.32. The van der Waals surface area contributed by atoms with Crippen molar-refractivity contribution in [3.05, 3.63) is 59.1 Å². The molecule has 2 aromatic heterocycles. The zero-order valence-corrected chi connectivity index (χ0v) is 32.7. The van der Waals surface area contributed by atoms with Gasteiger partial charge in [0.1, 0.15) is 40.6 Å². The second-order valence-electron chi connectivity index (χ2n) is 13.2. The number of aromatic nitrogens is 3. The Bertz CT molecular complexity index is 1640. The molecule has 0 saturated carbocycles. The van der Waals surface area contributed by atoms with E-state index in [0.29, 0.717) is 59.4 Å². The summed E-state index contributed by atoms with van der Waals surface area (Å²) in [5.41, 5.74) is 2.70. The second kappa shape index (κ2) is 20.0. The summed E-state index contributed by atoms with van der Waals surface area (Å²) in [4.78, 5) is 18.7. The first-order valence-electron chi connectivity index (χ1n) is 19.5. The Kier molecular flexibility index (Phi) is 16.4. The van der Waals surface area contributed by atoms with Crippen LogP contribution in [0.15, 0.2) is 30.6 Å². The first-order valence-corrected chi connectivity index (χ1v) is 19.5. The number of nitrogens with zero attached hydrogens (tertiary/aromatic N) is 5. The van der Waals surface area contributed by atoms with Crippen LogP contribution in [0.5, 0.6) is 5.75 Å². The molecule has 9 heteroatoms. The molecule has 0 radical (unpaired) electrons. The van der Waals surface area contributed by atoms with Gasteiger partial charge >= 0.3 is 0 Å². The van der Waals surface area contributed by atoms with Crippen LogP contribution in [0.1, 0.15) is 129 Å². The molecule has 0 aliphatic carbocycles. The minimum absolute atomic E-state index is 0.0395. The zero-order chi connectivity index (χ0) is 37.8. The molecule has 5 heterocycles. The Morgan fingerprint density at radius 3 is 2.39 bits per heavy atom. The molecule has 2 fully saturated rings. The molecule has 3 atom stereocenters. The maximum atomic E-state index is 16.4. The molecule has 3 aliphatic rings. The Balaban J connectivity index is 0.000000420. The number of benzene rings is 1. The van der Waals surface area contributed by atoms with Gasteiger partial charge in [-0.05, 0) is 69.2 Å². The molecule has 282 valence electrons. The van der Waals surface area contributed by atoms with E-state index in [9.17, 15) is 13.9 Å². The highest BCUT2D eigenvalue weighted by Gasteiger charge is 2.39. The number of phenolic OH excluding ortho intramolecular Hbond substituents is 1. The third-order valence-electron chi connectivity index (χ3n) is 9.94. The second-order valence-corrected chi connectivity index (χ2v) is 13.2. The fourth-order valence-corrected chi connectivity index (χ4v) is 7.47. The lowest BCUT2D eigenvalue weighted by Gasteiger charge is -2.30. The molecular formula is C42H62F3N5O. The average molecular weight is 710 g/mol. The molecule has 3 aliphatic heterocycles. The van der Waals surface area contributed by atoms with Gasteiger partial charge in [0, 0.05) is 55.7 Å². The third-order valence-corrected chi connectivity index (χ3v) is 9.94. The Morgan fingerprint density at radius 2 is 1.76 bits per heavy atom. The number of aryl methyl sites for hydroxylation is 2. The highest BCUT2D eigenvalue weighted by atomic mass is 19.1. The lowest BCUT2D eigenvalue weighted by molar-refractivity contribution is 0.239. The van der Waals surface area contributed by atoms with E-state index < -0.39 is 12.0 Å². The zero-order valence-electron chi connectivity index (χ0n) is 32.7. The van der Waals surface area contributed by atoms with Crippen LogP contribution < -0.4 is 4.90 Å². The first-order chi connectivity index (χ1) is 24.6. The van der Waals surface area contributed by atoms with Crippen LogP contribution >= 0.6 is 0 Å². The van der Waals surface area contributed by atoms with E-state index in [-0.39, 0.29) is 34.8 Å². The van der Waals surface area contributed by atoms with E-state index in [2.05, 4.69) is 35.2 Å². The quantitative estimate of drug-likeness (QED) is 0.167. The van der Waals surface area contributed by atoms with Crippen molar-refractivity contribution in [2.45, 2.75) is 145 Å². The standard InChI is InChI=1S/C30H36F2N4O.C8H14FN.2C2H6/c1-6-10-11-12-14-36-15-13-23-26-29(34-24(9-4)35-30(26)36)27(32)28(33-23)21-17-19(37)16-18(5)25(21)20(7-2)22(31)8-3;1-6-2-3-8-4-7(9)5-10(6)8;2*1-2/h7,16-17,37H,2,6,8-15H2,1,3-5H3;6-8H,2-5H2,1H3;2*1-2H3/b22-20+;;;. The third kappa shape index (κ3) is 9.51. The van der Waals surface area contributed by atoms with Crippen LogP contribution in [0.3, 0.4) is 0 Å². The summed E-state index contributed by atoms with van der Waals surface area (Å²) in [7, 11) is 0. The van der Waals surface area contributed by atoms with E-state index in [1.165, 1.54) is 37.8 Å². The van der Waals surface area contributed by atoms with Gasteiger partial charge < -0.3 is 10.0 Å². The summed E-state index contributed by atoms with van der Waals surface area (Å²) in [6.45, 7) is 23.9. The van der Waals surface area contributed by atoms with Gasteiger partial charge in [-0.1, -0.05) is 80.4 Å². The monoisotopic (exact) mass is 709 g/mol. The van der Waals surface area contributed by atoms with Crippen LogP contribution in [-0.2, 0) is 12.8 Å². The molecule has 1 N–H and O–H groups in total. The Morgan fingerprint density at radius 1 is 1.04 bits per heavy atom. The SMILES string of the molecule is C=C/C(=C(\F)CC)c1c(C)cc(O)cc1-c1nc2c3c(nc(CC)nc3c1F)N(CCCCCC)CC2.CC.CC.CC1CCC2CC(F)CN12. The van der Waals surface area contributed by atoms with Crippen molar-refractivity contribution >= 4 is 22.3 Å². The van der Waals surface area contributed by atoms with Crippen LogP contribution in [-0.4, -0.2) is 62.8 Å². The average Bonchev–Trinajstić information content (AvgIpc) is 3.69. The number of phenols is 1. The van der Waals surface area contributed by atoms with Gasteiger partial charge in [-0.25, -0.2) is 28.1 Å². The minimum atomic E-state index is -0.587. The van der Waals surface area contributed by atoms with Crippen molar-refractivity contribution in [2.24, 2.45) is 0 Å². The van der Waals surface area contributed by atoms with Gasteiger partial charge in [-0.2, -0.15) is 0 Å². The highest BCUT2D eigenvalue weighted by molar-refractivity contribution is 5.97. The number of hydrogen-bond donors (Lipinski definition) is 1. The van der Waals surface area contributed by atoms with E-state index in [4.69, 9.17) is 9.97 Å². The van der Waals surface area contributed by atoms with Crippen LogP contribution in [0, 0.1) is 12.7 Å². The fourth-order valence-electron chi connectivity index (χ4n) is 7.47. The number of unbranched alkanes of at least 4 members (excludes halogenated alkanes) is 3. The molecule has 6 rings (SSSR count). The van der Waals surface area contributed by atoms with Crippen molar-refractivity contribution in [2.75, 3.05) is 24.5 Å². The van der Waals surface area contributed by atoms with Gasteiger partial charge in [0.25, 0.3) is 0 Å². The van der Waals surface area contributed by atoms with Gasteiger partial charge in [0.2, 0.25) is 0 Å². The molecule has 0 amide bonds. The van der Waals surface area contributed by atoms with Crippen molar-refractivity contribution in [3.63, 3.8) is 0 Å². The van der Waals surface area contributed by atoms with Crippen molar-refractivity contribution in [1.29, 1.82) is 0 Å². The topological polar surface area (TPSA) is 65.4 Å². The summed E-state index contributed by atoms with van der Waals surface area (Å²) >= 11 is 0. The molecule has 51 heavy (non-hydrogen) atoms. The predicted molar refractivity (Wildman–Crippen MR) is 208 cm³/mol. The maximum absolute atomic E-state index is 16.4. The Hall–Kier alpha value is -3.46. The maximum Gasteiger partial charge on any atom is 0.175 e. The van der Waals surface area contributed by atoms with Crippen LogP contribution in [0.4, 0.5) is 19.0 Å². The van der Waals surface area contributed by atoms with Gasteiger partial charge in [-0.15, -0.1) is 0 Å². The molecule has 6 nitrogen and oxygen atoms in total. The lowest BCUT2D eigenvalue weighted by atomic mass is 9.90. The van der Waals surface area contributed by atoms with E-state index >= 15 is 4.39 Å². The summed E-state index contributed by atoms with van der Waals surface area (Å²) < 4.78 is 44.1. The number of halogens is 3. The summed E-state index contributed by atoms with van der Waals surface area (Å²) in [6, 6.07) is 4.22. The molecule has 3 aromatic rings. The summed E-state index contributed by atoms with van der Waals surface area (Å²) in [5, 5.41) is 11.1. The molecular weight excluding hydrogens is 647 g/mol.